The normalized spacial score (nSPS) is 22.9. The minimum atomic E-state index is 0.399. The number of carbonyl (C=O) groups excluding carboxylic acids is 1. The zero-order chi connectivity index (χ0) is 9.10. The van der Waals surface area contributed by atoms with E-state index < -0.39 is 0 Å². The topological polar surface area (TPSA) is 46.9 Å². The summed E-state index contributed by atoms with van der Waals surface area (Å²) in [4.78, 5) is 14.6. The molecule has 1 aliphatic heterocycles. The molecule has 4 heteroatoms. The molecule has 0 spiro atoms. The molecule has 1 aromatic rings. The van der Waals surface area contributed by atoms with E-state index in [1.54, 1.807) is 12.5 Å². The molecular weight excluding hydrogens is 166 g/mol. The lowest BCUT2D eigenvalue weighted by atomic mass is 10.1. The highest BCUT2D eigenvalue weighted by molar-refractivity contribution is 5.71. The molecule has 1 fully saturated rings. The summed E-state index contributed by atoms with van der Waals surface area (Å²) in [6.45, 7) is 2.03. The lowest BCUT2D eigenvalue weighted by molar-refractivity contribution is 0.111. The summed E-state index contributed by atoms with van der Waals surface area (Å²) in [7, 11) is 0. The maximum Gasteiger partial charge on any atom is 0.168 e. The quantitative estimate of drug-likeness (QED) is 0.677. The van der Waals surface area contributed by atoms with Crippen LogP contribution < -0.4 is 5.32 Å². The third-order valence-corrected chi connectivity index (χ3v) is 2.48. The van der Waals surface area contributed by atoms with Crippen LogP contribution in [0.5, 0.6) is 0 Å². The van der Waals surface area contributed by atoms with Crippen molar-refractivity contribution in [2.24, 2.45) is 0 Å². The molecule has 2 heterocycles. The summed E-state index contributed by atoms with van der Waals surface area (Å²) in [6.07, 6.45) is 6.51. The van der Waals surface area contributed by atoms with E-state index in [9.17, 15) is 4.79 Å². The van der Waals surface area contributed by atoms with Gasteiger partial charge in [-0.2, -0.15) is 0 Å². The second kappa shape index (κ2) is 3.70. The van der Waals surface area contributed by atoms with Gasteiger partial charge in [0.1, 0.15) is 5.69 Å². The summed E-state index contributed by atoms with van der Waals surface area (Å²) in [6, 6.07) is 0.399. The summed E-state index contributed by atoms with van der Waals surface area (Å²) >= 11 is 0. The van der Waals surface area contributed by atoms with E-state index in [-0.39, 0.29) is 0 Å². The molecule has 0 aliphatic carbocycles. The van der Waals surface area contributed by atoms with Crippen LogP contribution in [-0.2, 0) is 0 Å². The second-order valence-corrected chi connectivity index (χ2v) is 3.34. The maximum absolute atomic E-state index is 10.6. The highest BCUT2D eigenvalue weighted by Crippen LogP contribution is 2.17. The number of imidazole rings is 1. The number of piperidine rings is 1. The first-order valence-corrected chi connectivity index (χ1v) is 4.59. The molecule has 0 radical (unpaired) electrons. The maximum atomic E-state index is 10.6. The Kier molecular flexibility index (Phi) is 2.40. The van der Waals surface area contributed by atoms with Crippen molar-refractivity contribution in [2.45, 2.75) is 18.9 Å². The number of hydrogen-bond donors (Lipinski definition) is 1. The molecule has 70 valence electrons. The van der Waals surface area contributed by atoms with Gasteiger partial charge in [0.05, 0.1) is 12.5 Å². The average molecular weight is 179 g/mol. The van der Waals surface area contributed by atoms with Crippen molar-refractivity contribution < 1.29 is 4.79 Å². The Morgan fingerprint density at radius 1 is 1.69 bits per heavy atom. The molecule has 1 N–H and O–H groups in total. The van der Waals surface area contributed by atoms with Crippen LogP contribution in [-0.4, -0.2) is 28.9 Å². The molecule has 4 nitrogen and oxygen atoms in total. The lowest BCUT2D eigenvalue weighted by Crippen LogP contribution is -2.32. The molecule has 1 aliphatic rings. The highest BCUT2D eigenvalue weighted by Gasteiger charge is 2.16. The highest BCUT2D eigenvalue weighted by atomic mass is 16.1. The van der Waals surface area contributed by atoms with Crippen molar-refractivity contribution in [3.63, 3.8) is 0 Å². The Balaban J connectivity index is 2.17. The number of nitrogens with zero attached hydrogens (tertiary/aromatic N) is 2. The molecule has 1 saturated heterocycles. The van der Waals surface area contributed by atoms with Crippen LogP contribution in [0.15, 0.2) is 12.5 Å². The van der Waals surface area contributed by atoms with Gasteiger partial charge in [0.15, 0.2) is 6.29 Å². The predicted octanol–water partition coefficient (Wildman–Crippen LogP) is 0.620. The van der Waals surface area contributed by atoms with Crippen LogP contribution in [0.2, 0.25) is 0 Å². The van der Waals surface area contributed by atoms with Crippen molar-refractivity contribution >= 4 is 6.29 Å². The summed E-state index contributed by atoms with van der Waals surface area (Å²) < 4.78 is 1.96. The average Bonchev–Trinajstić information content (AvgIpc) is 2.67. The summed E-state index contributed by atoms with van der Waals surface area (Å²) in [5.41, 5.74) is 0.675. The van der Waals surface area contributed by atoms with E-state index in [1.165, 1.54) is 6.42 Å². The largest absolute Gasteiger partial charge is 0.324 e. The molecule has 2 rings (SSSR count). The lowest BCUT2D eigenvalue weighted by Gasteiger charge is -2.24. The minimum Gasteiger partial charge on any atom is -0.324 e. The fourth-order valence-corrected chi connectivity index (χ4v) is 1.78. The van der Waals surface area contributed by atoms with Crippen LogP contribution in [0.25, 0.3) is 0 Å². The van der Waals surface area contributed by atoms with Crippen LogP contribution >= 0.6 is 0 Å². The van der Waals surface area contributed by atoms with E-state index in [0.29, 0.717) is 11.7 Å². The van der Waals surface area contributed by atoms with Crippen LogP contribution in [0.4, 0.5) is 0 Å². The first-order chi connectivity index (χ1) is 6.42. The zero-order valence-corrected chi connectivity index (χ0v) is 7.44. The number of nitrogens with one attached hydrogen (secondary N) is 1. The van der Waals surface area contributed by atoms with Gasteiger partial charge in [-0.25, -0.2) is 4.98 Å². The Bertz CT molecular complexity index is 289. The van der Waals surface area contributed by atoms with Gasteiger partial charge < -0.3 is 9.88 Å². The van der Waals surface area contributed by atoms with E-state index in [0.717, 1.165) is 25.8 Å². The van der Waals surface area contributed by atoms with Crippen molar-refractivity contribution in [1.29, 1.82) is 0 Å². The molecule has 13 heavy (non-hydrogen) atoms. The fourth-order valence-electron chi connectivity index (χ4n) is 1.78. The Morgan fingerprint density at radius 3 is 3.31 bits per heavy atom. The molecule has 0 saturated carbocycles. The summed E-state index contributed by atoms with van der Waals surface area (Å²) in [5, 5.41) is 3.31. The van der Waals surface area contributed by atoms with Gasteiger partial charge in [-0.15, -0.1) is 0 Å². The predicted molar refractivity (Wildman–Crippen MR) is 48.8 cm³/mol. The van der Waals surface area contributed by atoms with Crippen LogP contribution in [0.3, 0.4) is 0 Å². The van der Waals surface area contributed by atoms with Gasteiger partial charge >= 0.3 is 0 Å². The van der Waals surface area contributed by atoms with Crippen molar-refractivity contribution in [3.05, 3.63) is 18.2 Å². The number of hydrogen-bond acceptors (Lipinski definition) is 3. The van der Waals surface area contributed by atoms with Gasteiger partial charge in [-0.1, -0.05) is 0 Å². The first kappa shape index (κ1) is 8.44. The summed E-state index contributed by atoms with van der Waals surface area (Å²) in [5.74, 6) is 0. The second-order valence-electron chi connectivity index (χ2n) is 3.34. The smallest absolute Gasteiger partial charge is 0.168 e. The molecule has 0 aromatic carbocycles. The van der Waals surface area contributed by atoms with Gasteiger partial charge in [-0.3, -0.25) is 4.79 Å². The zero-order valence-electron chi connectivity index (χ0n) is 7.44. The SMILES string of the molecule is O=Cc1cncn1C1CCCNC1. The molecule has 1 atom stereocenters. The minimum absolute atomic E-state index is 0.399. The van der Waals surface area contributed by atoms with E-state index in [2.05, 4.69) is 10.3 Å². The Morgan fingerprint density at radius 2 is 2.62 bits per heavy atom. The van der Waals surface area contributed by atoms with E-state index in [4.69, 9.17) is 0 Å². The molecule has 0 amide bonds. The van der Waals surface area contributed by atoms with Crippen LogP contribution in [0, 0.1) is 0 Å². The van der Waals surface area contributed by atoms with Crippen LogP contribution in [0.1, 0.15) is 29.4 Å². The van der Waals surface area contributed by atoms with Gasteiger partial charge in [-0.05, 0) is 19.4 Å². The van der Waals surface area contributed by atoms with E-state index in [1.807, 2.05) is 4.57 Å². The third kappa shape index (κ3) is 1.62. The fraction of sp³-hybridized carbons (Fsp3) is 0.556. The molecular formula is C9H13N3O. The molecule has 1 unspecified atom stereocenters. The van der Waals surface area contributed by atoms with Crippen molar-refractivity contribution in [1.82, 2.24) is 14.9 Å². The first-order valence-electron chi connectivity index (χ1n) is 4.59. The van der Waals surface area contributed by atoms with Crippen molar-refractivity contribution in [3.8, 4) is 0 Å². The third-order valence-electron chi connectivity index (χ3n) is 2.48. The molecule has 1 aromatic heterocycles. The number of aldehydes is 1. The van der Waals surface area contributed by atoms with Gasteiger partial charge in [0.25, 0.3) is 0 Å². The Hall–Kier alpha value is -1.16. The number of carbonyl (C=O) groups is 1. The van der Waals surface area contributed by atoms with E-state index >= 15 is 0 Å². The number of rotatable bonds is 2. The van der Waals surface area contributed by atoms with Crippen molar-refractivity contribution in [2.75, 3.05) is 13.1 Å². The molecule has 0 bridgehead atoms. The monoisotopic (exact) mass is 179 g/mol. The standard InChI is InChI=1S/C9H13N3O/c13-6-9-5-11-7-12(9)8-2-1-3-10-4-8/h5-8,10H,1-4H2. The number of aromatic nitrogens is 2. The van der Waals surface area contributed by atoms with Gasteiger partial charge in [0.2, 0.25) is 0 Å². The van der Waals surface area contributed by atoms with Gasteiger partial charge in [0, 0.05) is 12.6 Å². The Labute approximate surface area is 77.0 Å².